The summed E-state index contributed by atoms with van der Waals surface area (Å²) >= 11 is 6.16. The molecule has 0 bridgehead atoms. The molecule has 1 aromatic carbocycles. The van der Waals surface area contributed by atoms with Crippen molar-refractivity contribution in [2.24, 2.45) is 0 Å². The van der Waals surface area contributed by atoms with Crippen molar-refractivity contribution in [3.05, 3.63) is 29.3 Å². The highest BCUT2D eigenvalue weighted by Gasteiger charge is 2.24. The van der Waals surface area contributed by atoms with Crippen LogP contribution in [0.3, 0.4) is 0 Å². The summed E-state index contributed by atoms with van der Waals surface area (Å²) in [4.78, 5) is 23.1. The van der Waals surface area contributed by atoms with Crippen molar-refractivity contribution >= 4 is 34.6 Å². The van der Waals surface area contributed by atoms with Gasteiger partial charge in [-0.25, -0.2) is 8.78 Å². The molecule has 0 N–H and O–H groups in total. The molecule has 0 aromatic heterocycles. The Morgan fingerprint density at radius 2 is 1.91 bits per heavy atom. The van der Waals surface area contributed by atoms with Crippen molar-refractivity contribution in [3.63, 3.8) is 0 Å². The number of carbonyl (C=O) groups is 2. The molecule has 1 aromatic rings. The lowest BCUT2D eigenvalue weighted by molar-refractivity contribution is -0.146. The maximum Gasteiger partial charge on any atom is 0.319 e. The standard InChI is InChI=1S/C15H17ClF2O3S/c1-4-5-12(15(20)21-8(2)3)22-13-6-9(14(16)19)10(17)7-11(13)18/h6-8,12H,4-5H2,1-3H3. The van der Waals surface area contributed by atoms with Gasteiger partial charge in [0.05, 0.1) is 11.7 Å². The van der Waals surface area contributed by atoms with Crippen LogP contribution in [0.1, 0.15) is 44.0 Å². The van der Waals surface area contributed by atoms with Crippen LogP contribution in [0.2, 0.25) is 0 Å². The molecule has 0 aliphatic carbocycles. The Hall–Kier alpha value is -1.14. The Bertz CT molecular complexity index is 564. The highest BCUT2D eigenvalue weighted by Crippen LogP contribution is 2.32. The average Bonchev–Trinajstić information content (AvgIpc) is 2.39. The fourth-order valence-electron chi connectivity index (χ4n) is 1.72. The summed E-state index contributed by atoms with van der Waals surface area (Å²) in [5, 5.41) is -1.65. The van der Waals surface area contributed by atoms with Crippen molar-refractivity contribution < 1.29 is 23.1 Å². The van der Waals surface area contributed by atoms with E-state index in [1.165, 1.54) is 0 Å². The van der Waals surface area contributed by atoms with Crippen LogP contribution in [-0.2, 0) is 9.53 Å². The molecule has 1 rings (SSSR count). The van der Waals surface area contributed by atoms with Crippen LogP contribution in [0.5, 0.6) is 0 Å². The van der Waals surface area contributed by atoms with E-state index >= 15 is 0 Å². The van der Waals surface area contributed by atoms with Crippen LogP contribution in [0.25, 0.3) is 0 Å². The largest absolute Gasteiger partial charge is 0.462 e. The van der Waals surface area contributed by atoms with Crippen LogP contribution in [0, 0.1) is 11.6 Å². The molecule has 0 saturated carbocycles. The first kappa shape index (κ1) is 18.9. The summed E-state index contributed by atoms with van der Waals surface area (Å²) in [6, 6.07) is 1.62. The second-order valence-electron chi connectivity index (χ2n) is 4.92. The zero-order valence-corrected chi connectivity index (χ0v) is 14.1. The molecule has 0 aliphatic heterocycles. The molecule has 1 atom stereocenters. The average molecular weight is 351 g/mol. The third kappa shape index (κ3) is 5.25. The van der Waals surface area contributed by atoms with Gasteiger partial charge in [0.1, 0.15) is 16.9 Å². The van der Waals surface area contributed by atoms with Gasteiger partial charge in [0.25, 0.3) is 5.24 Å². The molecule has 7 heteroatoms. The lowest BCUT2D eigenvalue weighted by Gasteiger charge is -2.17. The summed E-state index contributed by atoms with van der Waals surface area (Å²) < 4.78 is 32.4. The molecule has 0 radical (unpaired) electrons. The zero-order valence-electron chi connectivity index (χ0n) is 12.5. The van der Waals surface area contributed by atoms with E-state index in [4.69, 9.17) is 16.3 Å². The van der Waals surface area contributed by atoms with Gasteiger partial charge in [-0.05, 0) is 37.9 Å². The van der Waals surface area contributed by atoms with Gasteiger partial charge in [0.2, 0.25) is 0 Å². The summed E-state index contributed by atoms with van der Waals surface area (Å²) in [5.74, 6) is -2.34. The van der Waals surface area contributed by atoms with E-state index in [0.29, 0.717) is 18.9 Å². The van der Waals surface area contributed by atoms with Crippen molar-refractivity contribution in [1.82, 2.24) is 0 Å². The van der Waals surface area contributed by atoms with Gasteiger partial charge in [-0.2, -0.15) is 0 Å². The van der Waals surface area contributed by atoms with E-state index in [1.54, 1.807) is 13.8 Å². The van der Waals surface area contributed by atoms with Gasteiger partial charge in [0, 0.05) is 11.0 Å². The molecule has 1 unspecified atom stereocenters. The van der Waals surface area contributed by atoms with E-state index in [0.717, 1.165) is 17.8 Å². The van der Waals surface area contributed by atoms with Crippen LogP contribution in [0.15, 0.2) is 17.0 Å². The van der Waals surface area contributed by atoms with Gasteiger partial charge < -0.3 is 4.74 Å². The first-order valence-electron chi connectivity index (χ1n) is 6.82. The highest BCUT2D eigenvalue weighted by molar-refractivity contribution is 8.00. The van der Waals surface area contributed by atoms with Gasteiger partial charge in [-0.15, -0.1) is 11.8 Å². The van der Waals surface area contributed by atoms with Crippen LogP contribution >= 0.6 is 23.4 Å². The topological polar surface area (TPSA) is 43.4 Å². The van der Waals surface area contributed by atoms with E-state index in [-0.39, 0.29) is 11.0 Å². The number of rotatable bonds is 7. The third-order valence-corrected chi connectivity index (χ3v) is 4.15. The number of thioether (sulfide) groups is 1. The predicted octanol–water partition coefficient (Wildman–Crippen LogP) is 4.56. The zero-order chi connectivity index (χ0) is 16.9. The number of carbonyl (C=O) groups excluding carboxylic acids is 2. The summed E-state index contributed by atoms with van der Waals surface area (Å²) in [5.41, 5.74) is -0.418. The van der Waals surface area contributed by atoms with Gasteiger partial charge in [-0.1, -0.05) is 13.3 Å². The minimum Gasteiger partial charge on any atom is -0.462 e. The second kappa shape index (κ2) is 8.48. The van der Waals surface area contributed by atoms with E-state index in [9.17, 15) is 18.4 Å². The number of esters is 1. The minimum absolute atomic E-state index is 0.00967. The maximum absolute atomic E-state index is 13.9. The quantitative estimate of drug-likeness (QED) is 0.411. The molecule has 0 amide bonds. The molecular formula is C15H17ClF2O3S. The second-order valence-corrected chi connectivity index (χ2v) is 6.50. The van der Waals surface area contributed by atoms with Gasteiger partial charge in [-0.3, -0.25) is 9.59 Å². The molecule has 3 nitrogen and oxygen atoms in total. The SMILES string of the molecule is CCCC(Sc1cc(C(=O)Cl)c(F)cc1F)C(=O)OC(C)C. The molecule has 0 saturated heterocycles. The Labute approximate surface area is 137 Å². The van der Waals surface area contributed by atoms with E-state index in [2.05, 4.69) is 0 Å². The number of hydrogen-bond donors (Lipinski definition) is 0. The Morgan fingerprint density at radius 3 is 2.41 bits per heavy atom. The number of halogens is 3. The normalized spacial score (nSPS) is 12.3. The Balaban J connectivity index is 3.05. The fourth-order valence-corrected chi connectivity index (χ4v) is 3.03. The molecule has 22 heavy (non-hydrogen) atoms. The lowest BCUT2D eigenvalue weighted by atomic mass is 10.2. The Kier molecular flexibility index (Phi) is 7.29. The number of ether oxygens (including phenoxy) is 1. The molecule has 0 heterocycles. The lowest BCUT2D eigenvalue weighted by Crippen LogP contribution is -2.23. The first-order valence-corrected chi connectivity index (χ1v) is 8.08. The third-order valence-electron chi connectivity index (χ3n) is 2.67. The monoisotopic (exact) mass is 350 g/mol. The summed E-state index contributed by atoms with van der Waals surface area (Å²) in [6.07, 6.45) is 0.872. The van der Waals surface area contributed by atoms with Crippen molar-refractivity contribution in [2.75, 3.05) is 0 Å². The smallest absolute Gasteiger partial charge is 0.319 e. The molecule has 0 fully saturated rings. The highest BCUT2D eigenvalue weighted by atomic mass is 35.5. The first-order chi connectivity index (χ1) is 10.3. The van der Waals surface area contributed by atoms with Crippen molar-refractivity contribution in [2.45, 2.75) is 49.9 Å². The van der Waals surface area contributed by atoms with Gasteiger partial charge >= 0.3 is 5.97 Å². The van der Waals surface area contributed by atoms with E-state index < -0.39 is 33.7 Å². The fraction of sp³-hybridized carbons (Fsp3) is 0.467. The minimum atomic E-state index is -1.03. The Morgan fingerprint density at radius 1 is 1.27 bits per heavy atom. The number of benzene rings is 1. The maximum atomic E-state index is 13.9. The van der Waals surface area contributed by atoms with Crippen LogP contribution in [-0.4, -0.2) is 22.6 Å². The van der Waals surface area contributed by atoms with Crippen molar-refractivity contribution in [1.29, 1.82) is 0 Å². The van der Waals surface area contributed by atoms with Crippen LogP contribution < -0.4 is 0 Å². The van der Waals surface area contributed by atoms with Gasteiger partial charge in [0.15, 0.2) is 0 Å². The molecule has 0 aliphatic rings. The molecule has 0 spiro atoms. The summed E-state index contributed by atoms with van der Waals surface area (Å²) in [7, 11) is 0. The number of hydrogen-bond acceptors (Lipinski definition) is 4. The summed E-state index contributed by atoms with van der Waals surface area (Å²) in [6.45, 7) is 5.31. The molecular weight excluding hydrogens is 334 g/mol. The van der Waals surface area contributed by atoms with Crippen molar-refractivity contribution in [3.8, 4) is 0 Å². The van der Waals surface area contributed by atoms with Crippen LogP contribution in [0.4, 0.5) is 8.78 Å². The van der Waals surface area contributed by atoms with E-state index in [1.807, 2.05) is 6.92 Å². The predicted molar refractivity (Wildman–Crippen MR) is 82.3 cm³/mol. The molecule has 122 valence electrons.